The van der Waals surface area contributed by atoms with Gasteiger partial charge in [-0.25, -0.2) is 13.6 Å². The molecule has 0 amide bonds. The van der Waals surface area contributed by atoms with Crippen molar-refractivity contribution >= 4 is 10.0 Å². The minimum Gasteiger partial charge on any atom is -0.309 e. The van der Waals surface area contributed by atoms with Crippen LogP contribution in [0.2, 0.25) is 0 Å². The molecule has 1 rings (SSSR count). The minimum atomic E-state index is -3.61. The first kappa shape index (κ1) is 17.1. The van der Waals surface area contributed by atoms with Crippen molar-refractivity contribution in [2.24, 2.45) is 5.14 Å². The van der Waals surface area contributed by atoms with Crippen molar-refractivity contribution in [2.75, 3.05) is 26.2 Å². The second-order valence-electron chi connectivity index (χ2n) is 4.82. The molecule has 0 aliphatic carbocycles. The number of hydrogen-bond acceptors (Lipinski definition) is 4. The van der Waals surface area contributed by atoms with Crippen molar-refractivity contribution in [1.82, 2.24) is 10.2 Å². The summed E-state index contributed by atoms with van der Waals surface area (Å²) in [4.78, 5) is 2.50. The van der Waals surface area contributed by atoms with E-state index >= 15 is 0 Å². The Bertz CT molecular complexity index is 496. The van der Waals surface area contributed by atoms with Crippen molar-refractivity contribution < 1.29 is 8.42 Å². The molecule has 0 spiro atoms. The van der Waals surface area contributed by atoms with E-state index in [4.69, 9.17) is 5.14 Å². The van der Waals surface area contributed by atoms with Gasteiger partial charge in [-0.15, -0.1) is 0 Å². The zero-order valence-corrected chi connectivity index (χ0v) is 13.3. The SMILES string of the molecule is CCN(CC)CCNC(C)c1ccc(S(N)(=O)=O)cc1. The number of primary sulfonamides is 1. The summed E-state index contributed by atoms with van der Waals surface area (Å²) in [5, 5.41) is 8.51. The molecule has 20 heavy (non-hydrogen) atoms. The summed E-state index contributed by atoms with van der Waals surface area (Å²) in [5.41, 5.74) is 1.05. The molecule has 0 aromatic heterocycles. The third-order valence-electron chi connectivity index (χ3n) is 3.48. The Labute approximate surface area is 122 Å². The lowest BCUT2D eigenvalue weighted by molar-refractivity contribution is 0.298. The highest BCUT2D eigenvalue weighted by Gasteiger charge is 2.09. The van der Waals surface area contributed by atoms with Crippen LogP contribution in [0.15, 0.2) is 29.2 Å². The van der Waals surface area contributed by atoms with E-state index in [0.29, 0.717) is 0 Å². The summed E-state index contributed by atoms with van der Waals surface area (Å²) in [6.07, 6.45) is 0. The second kappa shape index (κ2) is 7.73. The molecule has 0 heterocycles. The Morgan fingerprint density at radius 3 is 2.20 bits per heavy atom. The molecule has 0 fully saturated rings. The third-order valence-corrected chi connectivity index (χ3v) is 4.41. The molecule has 3 N–H and O–H groups in total. The lowest BCUT2D eigenvalue weighted by Gasteiger charge is -2.20. The van der Waals surface area contributed by atoms with E-state index in [1.807, 2.05) is 0 Å². The molecule has 0 saturated carbocycles. The van der Waals surface area contributed by atoms with Gasteiger partial charge in [-0.2, -0.15) is 0 Å². The third kappa shape index (κ3) is 5.20. The van der Waals surface area contributed by atoms with E-state index in [0.717, 1.165) is 31.7 Å². The standard InChI is InChI=1S/C14H25N3O2S/c1-4-17(5-2)11-10-16-12(3)13-6-8-14(9-7-13)20(15,18)19/h6-9,12,16H,4-5,10-11H2,1-3H3,(H2,15,18,19). The van der Waals surface area contributed by atoms with Gasteiger partial charge in [0.15, 0.2) is 0 Å². The van der Waals surface area contributed by atoms with Gasteiger partial charge in [-0.3, -0.25) is 0 Å². The Kier molecular flexibility index (Phi) is 6.61. The maximum absolute atomic E-state index is 11.2. The van der Waals surface area contributed by atoms with Crippen LogP contribution < -0.4 is 10.5 Å². The number of hydrogen-bond donors (Lipinski definition) is 2. The highest BCUT2D eigenvalue weighted by Crippen LogP contribution is 2.15. The molecule has 114 valence electrons. The van der Waals surface area contributed by atoms with E-state index in [-0.39, 0.29) is 10.9 Å². The maximum atomic E-state index is 11.2. The number of rotatable bonds is 8. The van der Waals surface area contributed by atoms with E-state index in [2.05, 4.69) is 31.0 Å². The van der Waals surface area contributed by atoms with Crippen LogP contribution >= 0.6 is 0 Å². The monoisotopic (exact) mass is 299 g/mol. The van der Waals surface area contributed by atoms with Gasteiger partial charge in [0.25, 0.3) is 0 Å². The summed E-state index contributed by atoms with van der Waals surface area (Å²) in [5.74, 6) is 0. The molecule has 0 aliphatic heterocycles. The molecular formula is C14H25N3O2S. The van der Waals surface area contributed by atoms with Crippen LogP contribution in [0.4, 0.5) is 0 Å². The van der Waals surface area contributed by atoms with Crippen LogP contribution in [0, 0.1) is 0 Å². The number of likely N-dealkylation sites (N-methyl/N-ethyl adjacent to an activating group) is 1. The summed E-state index contributed by atoms with van der Waals surface area (Å²) in [7, 11) is -3.61. The fraction of sp³-hybridized carbons (Fsp3) is 0.571. The fourth-order valence-corrected chi connectivity index (χ4v) is 2.56. The molecule has 5 nitrogen and oxygen atoms in total. The van der Waals surface area contributed by atoms with Crippen molar-refractivity contribution in [2.45, 2.75) is 31.7 Å². The van der Waals surface area contributed by atoms with Gasteiger partial charge in [-0.1, -0.05) is 26.0 Å². The fourth-order valence-electron chi connectivity index (χ4n) is 2.04. The van der Waals surface area contributed by atoms with Crippen molar-refractivity contribution in [3.8, 4) is 0 Å². The predicted octanol–water partition coefficient (Wildman–Crippen LogP) is 1.33. The van der Waals surface area contributed by atoms with Crippen LogP contribution in [0.3, 0.4) is 0 Å². The maximum Gasteiger partial charge on any atom is 0.238 e. The van der Waals surface area contributed by atoms with Gasteiger partial charge in [0.1, 0.15) is 0 Å². The van der Waals surface area contributed by atoms with Crippen LogP contribution in [-0.2, 0) is 10.0 Å². The number of nitrogens with two attached hydrogens (primary N) is 1. The highest BCUT2D eigenvalue weighted by molar-refractivity contribution is 7.89. The predicted molar refractivity (Wildman–Crippen MR) is 82.0 cm³/mol. The smallest absolute Gasteiger partial charge is 0.238 e. The van der Waals surface area contributed by atoms with E-state index in [9.17, 15) is 8.42 Å². The molecule has 0 saturated heterocycles. The first-order valence-electron chi connectivity index (χ1n) is 6.97. The largest absolute Gasteiger partial charge is 0.309 e. The molecule has 1 unspecified atom stereocenters. The zero-order chi connectivity index (χ0) is 15.2. The summed E-state index contributed by atoms with van der Waals surface area (Å²) >= 11 is 0. The highest BCUT2D eigenvalue weighted by atomic mass is 32.2. The normalized spacial score (nSPS) is 13.7. The topological polar surface area (TPSA) is 75.4 Å². The number of nitrogens with zero attached hydrogens (tertiary/aromatic N) is 1. The zero-order valence-electron chi connectivity index (χ0n) is 12.5. The van der Waals surface area contributed by atoms with Gasteiger partial charge in [0.2, 0.25) is 10.0 Å². The van der Waals surface area contributed by atoms with Crippen molar-refractivity contribution in [1.29, 1.82) is 0 Å². The van der Waals surface area contributed by atoms with Crippen LogP contribution in [0.1, 0.15) is 32.4 Å². The van der Waals surface area contributed by atoms with E-state index in [1.165, 1.54) is 0 Å². The quantitative estimate of drug-likeness (QED) is 0.759. The van der Waals surface area contributed by atoms with Gasteiger partial charge in [0.05, 0.1) is 4.90 Å². The van der Waals surface area contributed by atoms with Crippen LogP contribution in [0.5, 0.6) is 0 Å². The lowest BCUT2D eigenvalue weighted by atomic mass is 10.1. The summed E-state index contributed by atoms with van der Waals surface area (Å²) in [6.45, 7) is 10.4. The molecule has 0 aliphatic rings. The Hall–Kier alpha value is -0.950. The first-order valence-corrected chi connectivity index (χ1v) is 8.51. The number of nitrogens with one attached hydrogen (secondary N) is 1. The van der Waals surface area contributed by atoms with Gasteiger partial charge in [0, 0.05) is 19.1 Å². The van der Waals surface area contributed by atoms with Crippen molar-refractivity contribution in [3.63, 3.8) is 0 Å². The summed E-state index contributed by atoms with van der Waals surface area (Å²) < 4.78 is 22.4. The molecule has 1 aromatic rings. The van der Waals surface area contributed by atoms with Gasteiger partial charge >= 0.3 is 0 Å². The minimum absolute atomic E-state index is 0.150. The number of sulfonamides is 1. The van der Waals surface area contributed by atoms with Gasteiger partial charge in [-0.05, 0) is 37.7 Å². The molecule has 6 heteroatoms. The molecule has 0 bridgehead atoms. The second-order valence-corrected chi connectivity index (χ2v) is 6.38. The van der Waals surface area contributed by atoms with Crippen LogP contribution in [0.25, 0.3) is 0 Å². The Morgan fingerprint density at radius 2 is 1.75 bits per heavy atom. The average Bonchev–Trinajstić information content (AvgIpc) is 2.42. The Balaban J connectivity index is 2.54. The molecule has 1 atom stereocenters. The summed E-state index contributed by atoms with van der Waals surface area (Å²) in [6, 6.07) is 6.88. The average molecular weight is 299 g/mol. The Morgan fingerprint density at radius 1 is 1.20 bits per heavy atom. The van der Waals surface area contributed by atoms with Crippen molar-refractivity contribution in [3.05, 3.63) is 29.8 Å². The molecule has 1 aromatic carbocycles. The molecular weight excluding hydrogens is 274 g/mol. The van der Waals surface area contributed by atoms with Crippen LogP contribution in [-0.4, -0.2) is 39.5 Å². The van der Waals surface area contributed by atoms with Gasteiger partial charge < -0.3 is 10.2 Å². The van der Waals surface area contributed by atoms with E-state index < -0.39 is 10.0 Å². The molecule has 0 radical (unpaired) electrons. The first-order chi connectivity index (χ1) is 9.38. The van der Waals surface area contributed by atoms with E-state index in [1.54, 1.807) is 24.3 Å². The lowest BCUT2D eigenvalue weighted by Crippen LogP contribution is -2.33. The number of benzene rings is 1.